The van der Waals surface area contributed by atoms with Gasteiger partial charge in [0.05, 0.1) is 0 Å². The summed E-state index contributed by atoms with van der Waals surface area (Å²) in [5.41, 5.74) is 1.75. The summed E-state index contributed by atoms with van der Waals surface area (Å²) in [5, 5.41) is 0. The molecule has 0 radical (unpaired) electrons. The number of carbonyl (C=O) groups excluding carboxylic acids is 1. The molecule has 22 heavy (non-hydrogen) atoms. The first-order valence-corrected chi connectivity index (χ1v) is 8.64. The maximum atomic E-state index is 12.7. The summed E-state index contributed by atoms with van der Waals surface area (Å²) < 4.78 is 0. The van der Waals surface area contributed by atoms with E-state index in [0.29, 0.717) is 5.69 Å². The number of hydrogen-bond donors (Lipinski definition) is 0. The number of hydrogen-bond acceptors (Lipinski definition) is 3. The van der Waals surface area contributed by atoms with E-state index in [4.69, 9.17) is 0 Å². The van der Waals surface area contributed by atoms with Gasteiger partial charge in [0, 0.05) is 38.1 Å². The van der Waals surface area contributed by atoms with E-state index in [2.05, 4.69) is 23.7 Å². The molecule has 0 aliphatic carbocycles. The van der Waals surface area contributed by atoms with Gasteiger partial charge in [-0.05, 0) is 49.7 Å². The SMILES string of the molecule is CC1CCN(C(=O)c2cc(N3CCCC(C)C3)ccn2)CC1. The molecule has 4 nitrogen and oxygen atoms in total. The largest absolute Gasteiger partial charge is 0.371 e. The Labute approximate surface area is 133 Å². The third-order valence-corrected chi connectivity index (χ3v) is 5.06. The summed E-state index contributed by atoms with van der Waals surface area (Å²) in [6.07, 6.45) is 6.54. The lowest BCUT2D eigenvalue weighted by molar-refractivity contribution is 0.0691. The van der Waals surface area contributed by atoms with Crippen LogP contribution in [0.1, 0.15) is 50.0 Å². The summed E-state index contributed by atoms with van der Waals surface area (Å²) in [6.45, 7) is 8.47. The predicted molar refractivity (Wildman–Crippen MR) is 89.1 cm³/mol. The molecule has 2 aliphatic heterocycles. The second-order valence-corrected chi connectivity index (χ2v) is 7.07. The van der Waals surface area contributed by atoms with Crippen molar-refractivity contribution in [1.29, 1.82) is 0 Å². The second kappa shape index (κ2) is 6.67. The summed E-state index contributed by atoms with van der Waals surface area (Å²) >= 11 is 0. The number of anilines is 1. The molecule has 1 atom stereocenters. The van der Waals surface area contributed by atoms with Crippen molar-refractivity contribution < 1.29 is 4.79 Å². The van der Waals surface area contributed by atoms with E-state index in [1.165, 1.54) is 12.8 Å². The van der Waals surface area contributed by atoms with E-state index in [1.807, 2.05) is 17.0 Å². The minimum absolute atomic E-state index is 0.0961. The van der Waals surface area contributed by atoms with Crippen LogP contribution in [0.4, 0.5) is 5.69 Å². The fraction of sp³-hybridized carbons (Fsp3) is 0.667. The summed E-state index contributed by atoms with van der Waals surface area (Å²) in [7, 11) is 0. The van der Waals surface area contributed by atoms with Gasteiger partial charge >= 0.3 is 0 Å². The predicted octanol–water partition coefficient (Wildman–Crippen LogP) is 3.19. The Morgan fingerprint density at radius 3 is 2.64 bits per heavy atom. The zero-order valence-electron chi connectivity index (χ0n) is 13.8. The van der Waals surface area contributed by atoms with E-state index >= 15 is 0 Å². The molecule has 1 amide bonds. The van der Waals surface area contributed by atoms with Gasteiger partial charge in [0.25, 0.3) is 5.91 Å². The van der Waals surface area contributed by atoms with Crippen molar-refractivity contribution in [2.24, 2.45) is 11.8 Å². The van der Waals surface area contributed by atoms with Crippen molar-refractivity contribution in [1.82, 2.24) is 9.88 Å². The van der Waals surface area contributed by atoms with Crippen molar-refractivity contribution >= 4 is 11.6 Å². The number of piperidine rings is 2. The summed E-state index contributed by atoms with van der Waals surface area (Å²) in [5.74, 6) is 1.56. The van der Waals surface area contributed by atoms with Gasteiger partial charge < -0.3 is 9.80 Å². The topological polar surface area (TPSA) is 36.4 Å². The second-order valence-electron chi connectivity index (χ2n) is 7.07. The maximum Gasteiger partial charge on any atom is 0.272 e. The molecule has 1 aromatic heterocycles. The van der Waals surface area contributed by atoms with Gasteiger partial charge in [-0.3, -0.25) is 9.78 Å². The molecule has 0 aromatic carbocycles. The van der Waals surface area contributed by atoms with Crippen molar-refractivity contribution in [3.8, 4) is 0 Å². The highest BCUT2D eigenvalue weighted by Crippen LogP contribution is 2.24. The lowest BCUT2D eigenvalue weighted by Gasteiger charge is -2.33. The normalized spacial score (nSPS) is 23.6. The molecule has 1 unspecified atom stereocenters. The zero-order valence-corrected chi connectivity index (χ0v) is 13.8. The quantitative estimate of drug-likeness (QED) is 0.841. The molecule has 3 heterocycles. The number of carbonyl (C=O) groups is 1. The Kier molecular flexibility index (Phi) is 4.65. The summed E-state index contributed by atoms with van der Waals surface area (Å²) in [4.78, 5) is 21.3. The van der Waals surface area contributed by atoms with Crippen molar-refractivity contribution in [2.45, 2.75) is 39.5 Å². The minimum Gasteiger partial charge on any atom is -0.371 e. The van der Waals surface area contributed by atoms with Crippen molar-refractivity contribution in [3.63, 3.8) is 0 Å². The average Bonchev–Trinajstić information content (AvgIpc) is 2.55. The van der Waals surface area contributed by atoms with Crippen LogP contribution in [0.25, 0.3) is 0 Å². The Morgan fingerprint density at radius 2 is 1.91 bits per heavy atom. The van der Waals surface area contributed by atoms with Crippen LogP contribution in [0, 0.1) is 11.8 Å². The molecule has 3 rings (SSSR count). The highest BCUT2D eigenvalue weighted by molar-refractivity contribution is 5.93. The number of amides is 1. The van der Waals surface area contributed by atoms with Gasteiger partial charge in [-0.2, -0.15) is 0 Å². The highest BCUT2D eigenvalue weighted by Gasteiger charge is 2.23. The van der Waals surface area contributed by atoms with Crippen LogP contribution in [-0.4, -0.2) is 42.0 Å². The van der Waals surface area contributed by atoms with Crippen LogP contribution >= 0.6 is 0 Å². The number of likely N-dealkylation sites (tertiary alicyclic amines) is 1. The molecule has 2 aliphatic rings. The van der Waals surface area contributed by atoms with E-state index in [0.717, 1.165) is 56.5 Å². The van der Waals surface area contributed by atoms with Gasteiger partial charge in [0.1, 0.15) is 5.69 Å². The third kappa shape index (κ3) is 3.42. The first-order chi connectivity index (χ1) is 10.6. The molecular formula is C18H27N3O. The van der Waals surface area contributed by atoms with Crippen molar-refractivity contribution in [3.05, 3.63) is 24.0 Å². The van der Waals surface area contributed by atoms with Crippen LogP contribution in [0.2, 0.25) is 0 Å². The molecule has 2 saturated heterocycles. The van der Waals surface area contributed by atoms with Crippen LogP contribution in [0.15, 0.2) is 18.3 Å². The van der Waals surface area contributed by atoms with Gasteiger partial charge in [-0.1, -0.05) is 13.8 Å². The molecule has 120 valence electrons. The van der Waals surface area contributed by atoms with Crippen LogP contribution in [-0.2, 0) is 0 Å². The molecule has 4 heteroatoms. The zero-order chi connectivity index (χ0) is 15.5. The smallest absolute Gasteiger partial charge is 0.272 e. The van der Waals surface area contributed by atoms with Gasteiger partial charge in [-0.15, -0.1) is 0 Å². The maximum absolute atomic E-state index is 12.7. The highest BCUT2D eigenvalue weighted by atomic mass is 16.2. The molecule has 2 fully saturated rings. The monoisotopic (exact) mass is 301 g/mol. The fourth-order valence-corrected chi connectivity index (χ4v) is 3.53. The third-order valence-electron chi connectivity index (χ3n) is 5.06. The average molecular weight is 301 g/mol. The fourth-order valence-electron chi connectivity index (χ4n) is 3.53. The van der Waals surface area contributed by atoms with Crippen LogP contribution < -0.4 is 4.90 Å². The summed E-state index contributed by atoms with van der Waals surface area (Å²) in [6, 6.07) is 4.02. The Balaban J connectivity index is 1.71. The first-order valence-electron chi connectivity index (χ1n) is 8.64. The molecule has 0 saturated carbocycles. The van der Waals surface area contributed by atoms with E-state index < -0.39 is 0 Å². The van der Waals surface area contributed by atoms with E-state index in [9.17, 15) is 4.79 Å². The molecule has 0 N–H and O–H groups in total. The van der Waals surface area contributed by atoms with Gasteiger partial charge in [0.2, 0.25) is 0 Å². The molecule has 0 spiro atoms. The number of rotatable bonds is 2. The first kappa shape index (κ1) is 15.3. The number of nitrogens with zero attached hydrogens (tertiary/aromatic N) is 3. The molecule has 1 aromatic rings. The lowest BCUT2D eigenvalue weighted by atomic mass is 9.99. The molecule has 0 bridgehead atoms. The standard InChI is InChI=1S/C18H27N3O/c1-14-6-10-20(11-7-14)18(22)17-12-16(5-8-19-17)21-9-3-4-15(2)13-21/h5,8,12,14-15H,3-4,6-7,9-11,13H2,1-2H3. The lowest BCUT2D eigenvalue weighted by Crippen LogP contribution is -2.38. The van der Waals surface area contributed by atoms with Crippen LogP contribution in [0.3, 0.4) is 0 Å². The van der Waals surface area contributed by atoms with E-state index in [1.54, 1.807) is 6.20 Å². The van der Waals surface area contributed by atoms with Crippen molar-refractivity contribution in [2.75, 3.05) is 31.1 Å². The Hall–Kier alpha value is -1.58. The molecular weight excluding hydrogens is 274 g/mol. The van der Waals surface area contributed by atoms with Gasteiger partial charge in [-0.25, -0.2) is 0 Å². The van der Waals surface area contributed by atoms with Crippen LogP contribution in [0.5, 0.6) is 0 Å². The minimum atomic E-state index is 0.0961. The number of pyridine rings is 1. The Bertz CT molecular complexity index is 523. The van der Waals surface area contributed by atoms with Gasteiger partial charge in [0.15, 0.2) is 0 Å². The van der Waals surface area contributed by atoms with E-state index in [-0.39, 0.29) is 5.91 Å². The number of aromatic nitrogens is 1. The Morgan fingerprint density at radius 1 is 1.14 bits per heavy atom.